The van der Waals surface area contributed by atoms with Gasteiger partial charge < -0.3 is 15.9 Å². The first-order valence-corrected chi connectivity index (χ1v) is 12.4. The lowest BCUT2D eigenvalue weighted by Gasteiger charge is -2.22. The van der Waals surface area contributed by atoms with E-state index in [-0.39, 0.29) is 34.0 Å². The van der Waals surface area contributed by atoms with Crippen molar-refractivity contribution < 1.29 is 36.2 Å². The van der Waals surface area contributed by atoms with Crippen molar-refractivity contribution in [1.82, 2.24) is 5.32 Å². The number of β-amino-alcohol motifs (C(OH)–C–C–N with tert-alkyl or cyclic N) is 1. The Hall–Kier alpha value is -1.86. The highest BCUT2D eigenvalue weighted by atomic mass is 32.2. The Kier molecular flexibility index (Phi) is 11.7. The molecule has 5 N–H and O–H groups in total. The van der Waals surface area contributed by atoms with Crippen molar-refractivity contribution in [3.05, 3.63) is 59.7 Å². The lowest BCUT2D eigenvalue weighted by atomic mass is 10.1. The first-order chi connectivity index (χ1) is 14.1. The predicted molar refractivity (Wildman–Crippen MR) is 123 cm³/mol. The summed E-state index contributed by atoms with van der Waals surface area (Å²) in [6.45, 7) is 9.61. The van der Waals surface area contributed by atoms with Crippen LogP contribution < -0.4 is 5.32 Å². The van der Waals surface area contributed by atoms with Crippen LogP contribution in [0.1, 0.15) is 31.9 Å². The van der Waals surface area contributed by atoms with Crippen LogP contribution in [0.25, 0.3) is 0 Å². The largest absolute Gasteiger partial charge is 0.412 e. The van der Waals surface area contributed by atoms with Crippen LogP contribution in [0.2, 0.25) is 0 Å². The molecule has 2 aromatic rings. The summed E-state index contributed by atoms with van der Waals surface area (Å²) in [5, 5.41) is 12.8. The summed E-state index contributed by atoms with van der Waals surface area (Å²) < 4.78 is 58.2. The number of hydrogen-bond donors (Lipinski definition) is 3. The van der Waals surface area contributed by atoms with Gasteiger partial charge in [-0.15, -0.1) is 0 Å². The summed E-state index contributed by atoms with van der Waals surface area (Å²) in [5.41, 5.74) is 1.78. The lowest BCUT2D eigenvalue weighted by molar-refractivity contribution is 0.103. The molecule has 0 aromatic heterocycles. The maximum absolute atomic E-state index is 11.9. The minimum absolute atomic E-state index is 0. The van der Waals surface area contributed by atoms with Gasteiger partial charge in [0.1, 0.15) is 0 Å². The predicted octanol–water partition coefficient (Wildman–Crippen LogP) is 1.87. The zero-order valence-electron chi connectivity index (χ0n) is 18.9. The van der Waals surface area contributed by atoms with E-state index in [1.54, 1.807) is 24.3 Å². The fourth-order valence-corrected chi connectivity index (χ4v) is 3.56. The standard InChI is InChI=1S/C14H23NO4S.C7H8O3S.H2O/c1-11-5-7-13(8-6-11)20(17,18)19-10-12(16)9-15-14(2,3)4;1-6-2-4-7(5-3-6)11(8,9)10;/h5-8,12,15-16H,9-10H2,1-4H3;2-5H,1H3,(H,8,9,10);1H2. The van der Waals surface area contributed by atoms with Crippen LogP contribution in [0.3, 0.4) is 0 Å². The fraction of sp³-hybridized carbons (Fsp3) is 0.429. The van der Waals surface area contributed by atoms with E-state index in [1.165, 1.54) is 24.3 Å². The highest BCUT2D eigenvalue weighted by Gasteiger charge is 2.18. The van der Waals surface area contributed by atoms with Gasteiger partial charge in [-0.2, -0.15) is 16.8 Å². The van der Waals surface area contributed by atoms with Gasteiger partial charge in [0.25, 0.3) is 20.2 Å². The molecule has 32 heavy (non-hydrogen) atoms. The molecule has 0 saturated heterocycles. The number of aliphatic hydroxyl groups is 1. The molecule has 2 rings (SSSR count). The van der Waals surface area contributed by atoms with Crippen molar-refractivity contribution >= 4 is 20.2 Å². The smallest absolute Gasteiger partial charge is 0.297 e. The highest BCUT2D eigenvalue weighted by Crippen LogP contribution is 2.13. The minimum atomic E-state index is -4.02. The maximum Gasteiger partial charge on any atom is 0.297 e. The SMILES string of the molecule is Cc1ccc(S(=O)(=O)O)cc1.Cc1ccc(S(=O)(=O)OCC(O)CNC(C)(C)C)cc1.O. The zero-order valence-corrected chi connectivity index (χ0v) is 20.5. The second-order valence-electron chi connectivity index (χ2n) is 8.12. The van der Waals surface area contributed by atoms with Crippen LogP contribution in [-0.4, -0.2) is 56.8 Å². The Balaban J connectivity index is 0.000000679. The number of nitrogens with one attached hydrogen (secondary N) is 1. The molecule has 0 spiro atoms. The Labute approximate surface area is 190 Å². The Morgan fingerprint density at radius 2 is 1.28 bits per heavy atom. The number of aryl methyl sites for hydroxylation is 2. The molecule has 9 nitrogen and oxygen atoms in total. The molecule has 0 fully saturated rings. The summed E-state index contributed by atoms with van der Waals surface area (Å²) >= 11 is 0. The number of hydrogen-bond acceptors (Lipinski definition) is 7. The normalized spacial score (nSPS) is 12.8. The van der Waals surface area contributed by atoms with Crippen molar-refractivity contribution in [2.75, 3.05) is 13.2 Å². The van der Waals surface area contributed by atoms with Crippen molar-refractivity contribution in [1.29, 1.82) is 0 Å². The van der Waals surface area contributed by atoms with E-state index in [0.29, 0.717) is 0 Å². The Bertz CT molecular complexity index is 1030. The molecule has 0 aliphatic rings. The molecule has 0 radical (unpaired) electrons. The van der Waals surface area contributed by atoms with E-state index in [0.717, 1.165) is 11.1 Å². The monoisotopic (exact) mass is 491 g/mol. The fourth-order valence-electron chi connectivity index (χ4n) is 2.13. The van der Waals surface area contributed by atoms with E-state index in [2.05, 4.69) is 5.32 Å². The van der Waals surface area contributed by atoms with Gasteiger partial charge in [0.15, 0.2) is 0 Å². The van der Waals surface area contributed by atoms with Crippen LogP contribution in [-0.2, 0) is 24.4 Å². The first kappa shape index (κ1) is 30.1. The van der Waals surface area contributed by atoms with E-state index >= 15 is 0 Å². The Morgan fingerprint density at radius 3 is 1.66 bits per heavy atom. The summed E-state index contributed by atoms with van der Waals surface area (Å²) in [4.78, 5) is 0.0298. The van der Waals surface area contributed by atoms with Gasteiger partial charge in [0, 0.05) is 12.1 Å². The molecular formula is C21H33NO8S2. The molecule has 0 heterocycles. The topological polar surface area (TPSA) is 162 Å². The van der Waals surface area contributed by atoms with Crippen molar-refractivity contribution in [3.63, 3.8) is 0 Å². The van der Waals surface area contributed by atoms with Gasteiger partial charge >= 0.3 is 0 Å². The van der Waals surface area contributed by atoms with Crippen LogP contribution >= 0.6 is 0 Å². The Morgan fingerprint density at radius 1 is 0.875 bits per heavy atom. The molecule has 182 valence electrons. The minimum Gasteiger partial charge on any atom is -0.412 e. The summed E-state index contributed by atoms with van der Waals surface area (Å²) in [7, 11) is -7.83. The van der Waals surface area contributed by atoms with Crippen LogP contribution in [0.5, 0.6) is 0 Å². The average Bonchev–Trinajstić information content (AvgIpc) is 2.65. The second-order valence-corrected chi connectivity index (χ2v) is 11.2. The summed E-state index contributed by atoms with van der Waals surface area (Å²) in [6, 6.07) is 12.4. The van der Waals surface area contributed by atoms with Crippen molar-refractivity contribution in [2.24, 2.45) is 0 Å². The molecule has 0 bridgehead atoms. The molecule has 0 aliphatic heterocycles. The molecule has 0 saturated carbocycles. The molecule has 1 atom stereocenters. The molecule has 11 heteroatoms. The van der Waals surface area contributed by atoms with Crippen molar-refractivity contribution in [2.45, 2.75) is 56.1 Å². The third-order valence-electron chi connectivity index (χ3n) is 3.91. The van der Waals surface area contributed by atoms with Gasteiger partial charge in [0.2, 0.25) is 0 Å². The van der Waals surface area contributed by atoms with Crippen LogP contribution in [0.4, 0.5) is 0 Å². The molecule has 2 aromatic carbocycles. The summed E-state index contributed by atoms with van der Waals surface area (Å²) in [6.07, 6.45) is -0.880. The number of benzene rings is 2. The summed E-state index contributed by atoms with van der Waals surface area (Å²) in [5.74, 6) is 0. The third kappa shape index (κ3) is 11.7. The van der Waals surface area contributed by atoms with Gasteiger partial charge in [-0.05, 0) is 58.9 Å². The first-order valence-electron chi connectivity index (χ1n) is 9.53. The van der Waals surface area contributed by atoms with Crippen LogP contribution in [0, 0.1) is 13.8 Å². The second kappa shape index (κ2) is 12.4. The molecule has 0 aliphatic carbocycles. The highest BCUT2D eigenvalue weighted by molar-refractivity contribution is 7.86. The van der Waals surface area contributed by atoms with Gasteiger partial charge in [0.05, 0.1) is 22.5 Å². The quantitative estimate of drug-likeness (QED) is 0.390. The molecule has 1 unspecified atom stereocenters. The zero-order chi connectivity index (χ0) is 23.9. The number of aliphatic hydroxyl groups excluding tert-OH is 1. The van der Waals surface area contributed by atoms with Crippen LogP contribution in [0.15, 0.2) is 58.3 Å². The van der Waals surface area contributed by atoms with E-state index < -0.39 is 26.3 Å². The molecule has 0 amide bonds. The van der Waals surface area contributed by atoms with Gasteiger partial charge in [-0.25, -0.2) is 0 Å². The van der Waals surface area contributed by atoms with E-state index in [9.17, 15) is 21.9 Å². The van der Waals surface area contributed by atoms with Crippen molar-refractivity contribution in [3.8, 4) is 0 Å². The number of rotatable bonds is 7. The average molecular weight is 492 g/mol. The maximum atomic E-state index is 11.9. The van der Waals surface area contributed by atoms with Gasteiger partial charge in [-0.3, -0.25) is 8.74 Å². The van der Waals surface area contributed by atoms with E-state index in [4.69, 9.17) is 8.74 Å². The van der Waals surface area contributed by atoms with Gasteiger partial charge in [-0.1, -0.05) is 35.4 Å². The van der Waals surface area contributed by atoms with E-state index in [1.807, 2.05) is 34.6 Å². The third-order valence-corrected chi connectivity index (χ3v) is 6.08. The molecular weight excluding hydrogens is 458 g/mol. The lowest BCUT2D eigenvalue weighted by Crippen LogP contribution is -2.42.